The Morgan fingerprint density at radius 3 is 2.38 bits per heavy atom. The molecule has 1 fully saturated rings. The molecule has 7 nitrogen and oxygen atoms in total. The third kappa shape index (κ3) is 2.77. The monoisotopic (exact) mass is 437 g/mol. The van der Waals surface area contributed by atoms with Crippen molar-refractivity contribution in [2.75, 3.05) is 31.4 Å². The van der Waals surface area contributed by atoms with Gasteiger partial charge in [0, 0.05) is 62.8 Å². The molecule has 0 radical (unpaired) electrons. The summed E-state index contributed by atoms with van der Waals surface area (Å²) >= 11 is 0. The first-order valence-corrected chi connectivity index (χ1v) is 10.2. The number of carboxylic acid groups (broad SMARTS) is 1. The summed E-state index contributed by atoms with van der Waals surface area (Å²) in [5.41, 5.74) is 4.07. The van der Waals surface area contributed by atoms with Crippen LogP contribution in [0.3, 0.4) is 0 Å². The lowest BCUT2D eigenvalue weighted by molar-refractivity contribution is -0.140. The van der Waals surface area contributed by atoms with Crippen molar-refractivity contribution in [1.82, 2.24) is 15.0 Å². The molecule has 0 unspecified atom stereocenters. The standard InChI is InChI=1S/C23H21F2N5O2/c1-26-19-13-7-16-17(12(13)6-15(24)18(19)25)20(30(2)3)14(10-27-16)11-8-28-21(29-9-11)23(4-5-23)22(31)32/h6,8-10,26H,4-5,7H2,1-3H3,(H,31,32). The first-order chi connectivity index (χ1) is 15.3. The third-order valence-electron chi connectivity index (χ3n) is 6.32. The molecule has 0 spiro atoms. The van der Waals surface area contributed by atoms with Crippen molar-refractivity contribution in [3.05, 3.63) is 53.4 Å². The van der Waals surface area contributed by atoms with Gasteiger partial charge >= 0.3 is 5.97 Å². The van der Waals surface area contributed by atoms with Gasteiger partial charge in [0.25, 0.3) is 0 Å². The zero-order chi connectivity index (χ0) is 22.8. The molecular weight excluding hydrogens is 416 g/mol. The molecule has 3 aromatic rings. The number of rotatable bonds is 5. The minimum Gasteiger partial charge on any atom is -0.480 e. The van der Waals surface area contributed by atoms with Gasteiger partial charge in [-0.25, -0.2) is 18.7 Å². The molecule has 1 saturated carbocycles. The summed E-state index contributed by atoms with van der Waals surface area (Å²) in [6, 6.07) is 1.22. The molecule has 2 aliphatic rings. The summed E-state index contributed by atoms with van der Waals surface area (Å²) in [6.45, 7) is 0. The number of nitrogens with zero attached hydrogens (tertiary/aromatic N) is 4. The number of benzene rings is 1. The number of carbonyl (C=O) groups is 1. The van der Waals surface area contributed by atoms with Crippen molar-refractivity contribution in [3.63, 3.8) is 0 Å². The number of hydrogen-bond acceptors (Lipinski definition) is 6. The number of hydrogen-bond donors (Lipinski definition) is 2. The molecule has 0 atom stereocenters. The second-order valence-electron chi connectivity index (χ2n) is 8.42. The van der Waals surface area contributed by atoms with E-state index in [9.17, 15) is 18.7 Å². The zero-order valence-electron chi connectivity index (χ0n) is 17.8. The van der Waals surface area contributed by atoms with E-state index in [2.05, 4.69) is 20.3 Å². The van der Waals surface area contributed by atoms with Gasteiger partial charge in [-0.2, -0.15) is 0 Å². The van der Waals surface area contributed by atoms with E-state index in [1.54, 1.807) is 25.6 Å². The molecule has 32 heavy (non-hydrogen) atoms. The smallest absolute Gasteiger partial charge is 0.317 e. The van der Waals surface area contributed by atoms with E-state index in [4.69, 9.17) is 0 Å². The number of carboxylic acids is 1. The van der Waals surface area contributed by atoms with Crippen LogP contribution in [0.2, 0.25) is 0 Å². The van der Waals surface area contributed by atoms with Crippen molar-refractivity contribution in [3.8, 4) is 22.3 Å². The van der Waals surface area contributed by atoms with Crippen LogP contribution in [-0.2, 0) is 16.6 Å². The van der Waals surface area contributed by atoms with E-state index in [0.29, 0.717) is 41.8 Å². The largest absolute Gasteiger partial charge is 0.480 e. The molecule has 0 saturated heterocycles. The minimum atomic E-state index is -0.983. The van der Waals surface area contributed by atoms with Crippen molar-refractivity contribution >= 4 is 17.3 Å². The molecule has 5 rings (SSSR count). The summed E-state index contributed by atoms with van der Waals surface area (Å²) in [6.07, 6.45) is 6.34. The first-order valence-electron chi connectivity index (χ1n) is 10.2. The predicted octanol–water partition coefficient (Wildman–Crippen LogP) is 3.61. The summed E-state index contributed by atoms with van der Waals surface area (Å²) in [5, 5.41) is 12.3. The van der Waals surface area contributed by atoms with Gasteiger partial charge in [0.2, 0.25) is 0 Å². The number of aliphatic carboxylic acids is 1. The lowest BCUT2D eigenvalue weighted by atomic mass is 9.98. The number of anilines is 2. The van der Waals surface area contributed by atoms with Crippen molar-refractivity contribution in [2.45, 2.75) is 24.7 Å². The van der Waals surface area contributed by atoms with Crippen LogP contribution < -0.4 is 10.2 Å². The fraction of sp³-hybridized carbons (Fsp3) is 0.304. The second kappa shape index (κ2) is 6.94. The molecular formula is C23H21F2N5O2. The third-order valence-corrected chi connectivity index (χ3v) is 6.32. The minimum absolute atomic E-state index is 0.139. The highest BCUT2D eigenvalue weighted by atomic mass is 19.2. The van der Waals surface area contributed by atoms with Crippen molar-refractivity contribution in [2.24, 2.45) is 0 Å². The van der Waals surface area contributed by atoms with E-state index < -0.39 is 23.0 Å². The zero-order valence-corrected chi connectivity index (χ0v) is 17.8. The van der Waals surface area contributed by atoms with Gasteiger partial charge < -0.3 is 15.3 Å². The Morgan fingerprint density at radius 1 is 1.12 bits per heavy atom. The molecule has 0 aliphatic heterocycles. The fourth-order valence-corrected chi connectivity index (χ4v) is 4.50. The highest BCUT2D eigenvalue weighted by molar-refractivity contribution is 5.96. The maximum absolute atomic E-state index is 14.4. The van der Waals surface area contributed by atoms with E-state index in [0.717, 1.165) is 22.5 Å². The van der Waals surface area contributed by atoms with Crippen LogP contribution in [0, 0.1) is 11.6 Å². The maximum Gasteiger partial charge on any atom is 0.317 e. The SMILES string of the molecule is CNc1c(F)c(F)cc2c1Cc1ncc(-c3cnc(C4(C(=O)O)CC4)nc3)c(N(C)C)c1-2. The highest BCUT2D eigenvalue weighted by Gasteiger charge is 2.54. The molecule has 0 bridgehead atoms. The molecule has 0 amide bonds. The Labute approximate surface area is 183 Å². The van der Waals surface area contributed by atoms with Crippen LogP contribution in [0.5, 0.6) is 0 Å². The number of nitrogens with one attached hydrogen (secondary N) is 1. The summed E-state index contributed by atoms with van der Waals surface area (Å²) < 4.78 is 28.7. The Morgan fingerprint density at radius 2 is 1.81 bits per heavy atom. The summed E-state index contributed by atoms with van der Waals surface area (Å²) in [5.74, 6) is -2.44. The number of aromatic nitrogens is 3. The van der Waals surface area contributed by atoms with Gasteiger partial charge in [0.1, 0.15) is 11.2 Å². The van der Waals surface area contributed by atoms with Gasteiger partial charge in [-0.05, 0) is 30.0 Å². The van der Waals surface area contributed by atoms with Gasteiger partial charge in [0.15, 0.2) is 11.6 Å². The van der Waals surface area contributed by atoms with E-state index in [1.807, 2.05) is 19.0 Å². The Balaban J connectivity index is 1.67. The van der Waals surface area contributed by atoms with Crippen LogP contribution in [0.15, 0.2) is 24.7 Å². The van der Waals surface area contributed by atoms with Crippen LogP contribution in [0.4, 0.5) is 20.2 Å². The van der Waals surface area contributed by atoms with E-state index >= 15 is 0 Å². The van der Waals surface area contributed by atoms with Crippen molar-refractivity contribution < 1.29 is 18.7 Å². The average Bonchev–Trinajstić information content (AvgIpc) is 3.51. The highest BCUT2D eigenvalue weighted by Crippen LogP contribution is 2.49. The van der Waals surface area contributed by atoms with E-state index in [1.165, 1.54) is 6.07 Å². The summed E-state index contributed by atoms with van der Waals surface area (Å²) in [4.78, 5) is 26.8. The summed E-state index contributed by atoms with van der Waals surface area (Å²) in [7, 11) is 5.30. The van der Waals surface area contributed by atoms with Gasteiger partial charge in [0.05, 0.1) is 17.1 Å². The first kappa shape index (κ1) is 20.3. The van der Waals surface area contributed by atoms with Gasteiger partial charge in [-0.1, -0.05) is 0 Å². The lowest BCUT2D eigenvalue weighted by Gasteiger charge is -2.22. The molecule has 2 aromatic heterocycles. The topological polar surface area (TPSA) is 91.2 Å². The number of halogens is 2. The van der Waals surface area contributed by atoms with Crippen LogP contribution >= 0.6 is 0 Å². The fourth-order valence-electron chi connectivity index (χ4n) is 4.50. The van der Waals surface area contributed by atoms with Gasteiger partial charge in [-0.15, -0.1) is 0 Å². The molecule has 164 valence electrons. The second-order valence-corrected chi connectivity index (χ2v) is 8.42. The number of pyridine rings is 1. The number of fused-ring (bicyclic) bond motifs is 3. The van der Waals surface area contributed by atoms with Crippen LogP contribution in [0.1, 0.15) is 29.9 Å². The molecule has 2 N–H and O–H groups in total. The Bertz CT molecular complexity index is 1270. The average molecular weight is 437 g/mol. The Kier molecular flexibility index (Phi) is 4.40. The molecule has 2 heterocycles. The quantitative estimate of drug-likeness (QED) is 0.493. The maximum atomic E-state index is 14.4. The molecule has 1 aromatic carbocycles. The van der Waals surface area contributed by atoms with Crippen LogP contribution in [0.25, 0.3) is 22.3 Å². The van der Waals surface area contributed by atoms with Gasteiger partial charge in [-0.3, -0.25) is 9.78 Å². The lowest BCUT2D eigenvalue weighted by Crippen LogP contribution is -2.22. The van der Waals surface area contributed by atoms with Crippen molar-refractivity contribution in [1.29, 1.82) is 0 Å². The van der Waals surface area contributed by atoms with E-state index in [-0.39, 0.29) is 5.69 Å². The molecule has 9 heteroatoms. The predicted molar refractivity (Wildman–Crippen MR) is 116 cm³/mol. The van der Waals surface area contributed by atoms with Crippen LogP contribution in [-0.4, -0.2) is 47.2 Å². The normalized spacial score (nSPS) is 15.2. The Hall–Kier alpha value is -3.62. The molecule has 2 aliphatic carbocycles.